The number of nitrogens with zero attached hydrogens (tertiary/aromatic N) is 6. The lowest BCUT2D eigenvalue weighted by molar-refractivity contribution is -0.117. The number of pyridine rings is 1. The third-order valence-electron chi connectivity index (χ3n) is 5.62. The second-order valence-corrected chi connectivity index (χ2v) is 9.07. The highest BCUT2D eigenvalue weighted by Gasteiger charge is 2.24. The van der Waals surface area contributed by atoms with E-state index >= 15 is 0 Å². The maximum absolute atomic E-state index is 12.0. The number of carbonyl (C=O) groups excluding carboxylic acids is 1. The smallest absolute Gasteiger partial charge is 0.245 e. The summed E-state index contributed by atoms with van der Waals surface area (Å²) in [6.45, 7) is 0.142. The number of hydrogen-bond acceptors (Lipinski definition) is 8. The third kappa shape index (κ3) is 4.16. The van der Waals surface area contributed by atoms with Crippen LogP contribution in [-0.4, -0.2) is 52.3 Å². The molecule has 4 heterocycles. The lowest BCUT2D eigenvalue weighted by atomic mass is 10.1. The van der Waals surface area contributed by atoms with Crippen LogP contribution in [0, 0.1) is 0 Å². The Balaban J connectivity index is 1.41. The molecule has 4 aromatic rings. The summed E-state index contributed by atoms with van der Waals surface area (Å²) in [6.07, 6.45) is 3.69. The summed E-state index contributed by atoms with van der Waals surface area (Å²) >= 11 is 0. The second kappa shape index (κ2) is 8.72. The predicted octanol–water partition coefficient (Wildman–Crippen LogP) is 2.09. The van der Waals surface area contributed by atoms with Gasteiger partial charge >= 0.3 is 0 Å². The molecule has 0 bridgehead atoms. The van der Waals surface area contributed by atoms with Gasteiger partial charge in [0.25, 0.3) is 0 Å². The summed E-state index contributed by atoms with van der Waals surface area (Å²) < 4.78 is 25.4. The van der Waals surface area contributed by atoms with Crippen LogP contribution in [0.15, 0.2) is 54.9 Å². The van der Waals surface area contributed by atoms with E-state index in [9.17, 15) is 13.2 Å². The standard InChI is InChI=1S/C22H22N8O3S/c1-28(34(32)33)13-18-17(4-3-9-23-18)26-20-8-6-16-12-24-22(27-30(16)20)25-15-5-7-19-14(10-15)11-21(31)29(19)2/h3-10,12,26,34H,11,13H2,1-2H3,(H,25,27). The number of carbonyl (C=O) groups is 1. The van der Waals surface area contributed by atoms with E-state index in [2.05, 4.69) is 25.7 Å². The number of rotatable bonds is 7. The van der Waals surface area contributed by atoms with E-state index in [1.165, 1.54) is 11.4 Å². The van der Waals surface area contributed by atoms with Gasteiger partial charge in [0.05, 0.1) is 36.1 Å². The fourth-order valence-electron chi connectivity index (χ4n) is 3.82. The van der Waals surface area contributed by atoms with E-state index in [1.54, 1.807) is 34.9 Å². The molecule has 11 nitrogen and oxygen atoms in total. The molecule has 1 aliphatic rings. The molecule has 0 unspecified atom stereocenters. The lowest BCUT2D eigenvalue weighted by Gasteiger charge is -2.14. The normalized spacial score (nSPS) is 13.2. The Kier molecular flexibility index (Phi) is 5.59. The Morgan fingerprint density at radius 3 is 2.79 bits per heavy atom. The van der Waals surface area contributed by atoms with Crippen molar-refractivity contribution in [2.45, 2.75) is 13.0 Å². The van der Waals surface area contributed by atoms with Gasteiger partial charge in [0.1, 0.15) is 5.82 Å². The van der Waals surface area contributed by atoms with Gasteiger partial charge in [0.2, 0.25) is 22.7 Å². The fraction of sp³-hybridized carbons (Fsp3) is 0.182. The number of fused-ring (bicyclic) bond motifs is 2. The molecular formula is C22H22N8O3S. The highest BCUT2D eigenvalue weighted by molar-refractivity contribution is 7.69. The SMILES string of the molecule is CN1C(=O)Cc2cc(Nc3ncc4ccc(Nc5cccnc5CN(C)[SH](=O)=O)n4n3)ccc21. The number of likely N-dealkylation sites (N-methyl/N-ethyl adjacent to an activating group) is 1. The molecule has 12 heteroatoms. The first kappa shape index (κ1) is 21.8. The van der Waals surface area contributed by atoms with E-state index in [0.29, 0.717) is 29.6 Å². The summed E-state index contributed by atoms with van der Waals surface area (Å²) in [5.74, 6) is 1.12. The first-order valence-electron chi connectivity index (χ1n) is 10.5. The van der Waals surface area contributed by atoms with Crippen LogP contribution in [0.5, 0.6) is 0 Å². The third-order valence-corrected chi connectivity index (χ3v) is 6.32. The van der Waals surface area contributed by atoms with Crippen LogP contribution in [0.25, 0.3) is 5.52 Å². The van der Waals surface area contributed by atoms with Crippen molar-refractivity contribution < 1.29 is 13.2 Å². The molecule has 1 aromatic carbocycles. The molecule has 0 atom stereocenters. The number of amides is 1. The largest absolute Gasteiger partial charge is 0.339 e. The molecule has 0 radical (unpaired) electrons. The molecule has 1 aliphatic heterocycles. The molecule has 1 amide bonds. The molecular weight excluding hydrogens is 456 g/mol. The van der Waals surface area contributed by atoms with Crippen LogP contribution in [-0.2, 0) is 28.7 Å². The predicted molar refractivity (Wildman–Crippen MR) is 129 cm³/mol. The van der Waals surface area contributed by atoms with Crippen molar-refractivity contribution in [1.29, 1.82) is 0 Å². The molecule has 2 N–H and O–H groups in total. The highest BCUT2D eigenvalue weighted by atomic mass is 32.2. The van der Waals surface area contributed by atoms with Gasteiger partial charge in [0.15, 0.2) is 0 Å². The fourth-order valence-corrected chi connectivity index (χ4v) is 4.07. The summed E-state index contributed by atoms with van der Waals surface area (Å²) in [6, 6.07) is 13.1. The first-order valence-corrected chi connectivity index (χ1v) is 11.6. The van der Waals surface area contributed by atoms with Gasteiger partial charge in [-0.1, -0.05) is 0 Å². The molecule has 0 fully saturated rings. The summed E-state index contributed by atoms with van der Waals surface area (Å²) in [5, 5.41) is 11.1. The van der Waals surface area contributed by atoms with E-state index in [-0.39, 0.29) is 12.5 Å². The number of benzene rings is 1. The van der Waals surface area contributed by atoms with Gasteiger partial charge in [-0.25, -0.2) is 22.2 Å². The van der Waals surface area contributed by atoms with Crippen molar-refractivity contribution in [3.05, 3.63) is 66.1 Å². The van der Waals surface area contributed by atoms with Crippen LogP contribution >= 0.6 is 0 Å². The Morgan fingerprint density at radius 2 is 1.97 bits per heavy atom. The second-order valence-electron chi connectivity index (χ2n) is 7.91. The van der Waals surface area contributed by atoms with Gasteiger partial charge in [-0.05, 0) is 48.0 Å². The van der Waals surface area contributed by atoms with E-state index in [0.717, 1.165) is 22.5 Å². The summed E-state index contributed by atoms with van der Waals surface area (Å²) in [5.41, 5.74) is 4.68. The first-order chi connectivity index (χ1) is 16.4. The molecule has 0 saturated heterocycles. The average molecular weight is 479 g/mol. The minimum Gasteiger partial charge on any atom is -0.339 e. The molecule has 0 spiro atoms. The van der Waals surface area contributed by atoms with Crippen LogP contribution in [0.3, 0.4) is 0 Å². The minimum absolute atomic E-state index is 0.0657. The maximum atomic E-state index is 12.0. The van der Waals surface area contributed by atoms with Crippen molar-refractivity contribution >= 4 is 51.1 Å². The van der Waals surface area contributed by atoms with Crippen LogP contribution in [0.1, 0.15) is 11.3 Å². The van der Waals surface area contributed by atoms with Crippen molar-refractivity contribution in [2.75, 3.05) is 29.6 Å². The molecule has 3 aromatic heterocycles. The van der Waals surface area contributed by atoms with Gasteiger partial charge in [-0.2, -0.15) is 0 Å². The van der Waals surface area contributed by atoms with E-state index in [4.69, 9.17) is 0 Å². The van der Waals surface area contributed by atoms with E-state index < -0.39 is 10.9 Å². The Morgan fingerprint density at radius 1 is 1.12 bits per heavy atom. The van der Waals surface area contributed by atoms with Crippen molar-refractivity contribution in [3.63, 3.8) is 0 Å². The maximum Gasteiger partial charge on any atom is 0.245 e. The Bertz CT molecular complexity index is 1470. The monoisotopic (exact) mass is 478 g/mol. The quantitative estimate of drug-likeness (QED) is 0.345. The van der Waals surface area contributed by atoms with Crippen molar-refractivity contribution in [2.24, 2.45) is 0 Å². The zero-order chi connectivity index (χ0) is 23.8. The number of aromatic nitrogens is 4. The van der Waals surface area contributed by atoms with Crippen LogP contribution in [0.4, 0.5) is 28.8 Å². The molecule has 5 rings (SSSR count). The summed E-state index contributed by atoms with van der Waals surface area (Å²) in [4.78, 5) is 22.3. The van der Waals surface area contributed by atoms with Gasteiger partial charge < -0.3 is 15.5 Å². The molecule has 34 heavy (non-hydrogen) atoms. The number of nitrogens with one attached hydrogen (secondary N) is 2. The molecule has 174 valence electrons. The van der Waals surface area contributed by atoms with Gasteiger partial charge in [0, 0.05) is 31.7 Å². The van der Waals surface area contributed by atoms with Gasteiger partial charge in [-0.15, -0.1) is 5.10 Å². The average Bonchev–Trinajstić information content (AvgIpc) is 3.34. The topological polar surface area (TPSA) is 125 Å². The Labute approximate surface area is 197 Å². The summed E-state index contributed by atoms with van der Waals surface area (Å²) in [7, 11) is 0.562. The number of anilines is 5. The number of thiol groups is 1. The van der Waals surface area contributed by atoms with Crippen LogP contribution in [0.2, 0.25) is 0 Å². The lowest BCUT2D eigenvalue weighted by Crippen LogP contribution is -2.20. The van der Waals surface area contributed by atoms with Crippen molar-refractivity contribution in [1.82, 2.24) is 23.9 Å². The zero-order valence-corrected chi connectivity index (χ0v) is 19.4. The minimum atomic E-state index is -2.70. The zero-order valence-electron chi connectivity index (χ0n) is 18.5. The molecule has 0 aliphatic carbocycles. The van der Waals surface area contributed by atoms with E-state index in [1.807, 2.05) is 36.4 Å². The van der Waals surface area contributed by atoms with Gasteiger partial charge in [-0.3, -0.25) is 9.78 Å². The number of hydrogen-bond donors (Lipinski definition) is 3. The highest BCUT2D eigenvalue weighted by Crippen LogP contribution is 2.31. The Hall–Kier alpha value is -4.03. The molecule has 0 saturated carbocycles. The van der Waals surface area contributed by atoms with Crippen LogP contribution < -0.4 is 15.5 Å². The van der Waals surface area contributed by atoms with Crippen molar-refractivity contribution in [3.8, 4) is 0 Å².